The SMILES string of the molecule is CN(c1ccccc1)c1ccnc(Nc2cccc(C(N)=O)c2)n1. The minimum Gasteiger partial charge on any atom is -0.366 e. The Balaban J connectivity index is 1.83. The molecular formula is C18H17N5O. The molecule has 3 aromatic rings. The fourth-order valence-corrected chi connectivity index (χ4v) is 2.26. The van der Waals surface area contributed by atoms with Gasteiger partial charge in [0.25, 0.3) is 0 Å². The molecule has 6 heteroatoms. The van der Waals surface area contributed by atoms with E-state index in [1.165, 1.54) is 0 Å². The van der Waals surface area contributed by atoms with Gasteiger partial charge in [0, 0.05) is 30.2 Å². The molecule has 1 aromatic heterocycles. The van der Waals surface area contributed by atoms with Crippen LogP contribution in [0.3, 0.4) is 0 Å². The number of para-hydroxylation sites is 1. The van der Waals surface area contributed by atoms with Crippen LogP contribution < -0.4 is 16.0 Å². The molecule has 3 N–H and O–H groups in total. The summed E-state index contributed by atoms with van der Waals surface area (Å²) in [6, 6.07) is 18.7. The monoisotopic (exact) mass is 319 g/mol. The van der Waals surface area contributed by atoms with Crippen molar-refractivity contribution in [2.24, 2.45) is 5.73 Å². The van der Waals surface area contributed by atoms with Gasteiger partial charge in [-0.15, -0.1) is 0 Å². The maximum absolute atomic E-state index is 11.3. The number of nitrogens with one attached hydrogen (secondary N) is 1. The molecule has 0 aliphatic carbocycles. The highest BCUT2D eigenvalue weighted by molar-refractivity contribution is 5.93. The van der Waals surface area contributed by atoms with Crippen molar-refractivity contribution in [3.05, 3.63) is 72.4 Å². The molecule has 0 atom stereocenters. The summed E-state index contributed by atoms with van der Waals surface area (Å²) in [6.45, 7) is 0. The maximum atomic E-state index is 11.3. The van der Waals surface area contributed by atoms with Crippen molar-refractivity contribution in [2.45, 2.75) is 0 Å². The molecule has 0 radical (unpaired) electrons. The predicted octanol–water partition coefficient (Wildman–Crippen LogP) is 3.09. The van der Waals surface area contributed by atoms with E-state index in [4.69, 9.17) is 5.73 Å². The lowest BCUT2D eigenvalue weighted by Gasteiger charge is -2.18. The summed E-state index contributed by atoms with van der Waals surface area (Å²) >= 11 is 0. The highest BCUT2D eigenvalue weighted by Crippen LogP contribution is 2.22. The van der Waals surface area contributed by atoms with E-state index >= 15 is 0 Å². The van der Waals surface area contributed by atoms with Crippen LogP contribution in [0.4, 0.5) is 23.1 Å². The number of carbonyl (C=O) groups excluding carboxylic acids is 1. The van der Waals surface area contributed by atoms with E-state index in [1.54, 1.807) is 24.4 Å². The molecule has 0 saturated heterocycles. The first-order valence-corrected chi connectivity index (χ1v) is 7.42. The first kappa shape index (κ1) is 15.5. The molecule has 1 heterocycles. The summed E-state index contributed by atoms with van der Waals surface area (Å²) in [5.41, 5.74) is 7.45. The Morgan fingerprint density at radius 1 is 1.08 bits per heavy atom. The molecule has 6 nitrogen and oxygen atoms in total. The van der Waals surface area contributed by atoms with Gasteiger partial charge >= 0.3 is 0 Å². The molecule has 0 aliphatic heterocycles. The first-order valence-electron chi connectivity index (χ1n) is 7.42. The molecule has 3 rings (SSSR count). The zero-order valence-electron chi connectivity index (χ0n) is 13.2. The van der Waals surface area contributed by atoms with Crippen LogP contribution in [-0.4, -0.2) is 22.9 Å². The van der Waals surface area contributed by atoms with E-state index in [2.05, 4.69) is 15.3 Å². The Morgan fingerprint density at radius 2 is 1.88 bits per heavy atom. The number of rotatable bonds is 5. The average Bonchev–Trinajstić information content (AvgIpc) is 2.62. The number of benzene rings is 2. The van der Waals surface area contributed by atoms with Gasteiger partial charge in [-0.05, 0) is 36.4 Å². The Morgan fingerprint density at radius 3 is 2.62 bits per heavy atom. The predicted molar refractivity (Wildman–Crippen MR) is 94.8 cm³/mol. The van der Waals surface area contributed by atoms with Crippen molar-refractivity contribution >= 4 is 29.0 Å². The number of primary amides is 1. The van der Waals surface area contributed by atoms with Crippen molar-refractivity contribution < 1.29 is 4.79 Å². The van der Waals surface area contributed by atoms with Gasteiger partial charge in [0.05, 0.1) is 0 Å². The lowest BCUT2D eigenvalue weighted by Crippen LogP contribution is -2.12. The van der Waals surface area contributed by atoms with Crippen LogP contribution in [0.15, 0.2) is 66.9 Å². The molecule has 0 spiro atoms. The molecule has 24 heavy (non-hydrogen) atoms. The van der Waals surface area contributed by atoms with Crippen LogP contribution in [0.1, 0.15) is 10.4 Å². The number of aromatic nitrogens is 2. The fourth-order valence-electron chi connectivity index (χ4n) is 2.26. The molecule has 0 aliphatic rings. The molecule has 1 amide bonds. The van der Waals surface area contributed by atoms with Gasteiger partial charge in [-0.3, -0.25) is 4.79 Å². The zero-order valence-corrected chi connectivity index (χ0v) is 13.2. The second-order valence-corrected chi connectivity index (χ2v) is 5.20. The Bertz CT molecular complexity index is 851. The van der Waals surface area contributed by atoms with Crippen LogP contribution in [0.2, 0.25) is 0 Å². The smallest absolute Gasteiger partial charge is 0.248 e. The quantitative estimate of drug-likeness (QED) is 0.755. The number of amides is 1. The second kappa shape index (κ2) is 6.78. The lowest BCUT2D eigenvalue weighted by atomic mass is 10.2. The van der Waals surface area contributed by atoms with Gasteiger partial charge in [-0.1, -0.05) is 24.3 Å². The third-order valence-corrected chi connectivity index (χ3v) is 3.53. The minimum absolute atomic E-state index is 0.428. The molecule has 120 valence electrons. The standard InChI is InChI=1S/C18H17N5O/c1-23(15-8-3-2-4-9-15)16-10-11-20-18(22-16)21-14-7-5-6-13(12-14)17(19)24/h2-12H,1H3,(H2,19,24)(H,20,21,22). The van der Waals surface area contributed by atoms with Crippen LogP contribution in [0.25, 0.3) is 0 Å². The summed E-state index contributed by atoms with van der Waals surface area (Å²) in [6.07, 6.45) is 1.68. The number of hydrogen-bond acceptors (Lipinski definition) is 5. The number of hydrogen-bond donors (Lipinski definition) is 2. The molecule has 0 bridgehead atoms. The summed E-state index contributed by atoms with van der Waals surface area (Å²) in [4.78, 5) is 22.0. The normalized spacial score (nSPS) is 10.2. The largest absolute Gasteiger partial charge is 0.366 e. The van der Waals surface area contributed by atoms with Crippen LogP contribution in [0.5, 0.6) is 0 Å². The number of anilines is 4. The van der Waals surface area contributed by atoms with Gasteiger partial charge in [0.1, 0.15) is 5.82 Å². The van der Waals surface area contributed by atoms with Crippen molar-refractivity contribution in [3.63, 3.8) is 0 Å². The first-order chi connectivity index (χ1) is 11.6. The second-order valence-electron chi connectivity index (χ2n) is 5.20. The van der Waals surface area contributed by atoms with E-state index in [0.717, 1.165) is 11.5 Å². The van der Waals surface area contributed by atoms with Gasteiger partial charge in [-0.2, -0.15) is 4.98 Å². The van der Waals surface area contributed by atoms with Crippen molar-refractivity contribution in [2.75, 3.05) is 17.3 Å². The van der Waals surface area contributed by atoms with Gasteiger partial charge in [0.15, 0.2) is 0 Å². The van der Waals surface area contributed by atoms with Crippen LogP contribution >= 0.6 is 0 Å². The summed E-state index contributed by atoms with van der Waals surface area (Å²) in [5.74, 6) is 0.721. The zero-order chi connectivity index (χ0) is 16.9. The molecule has 0 unspecified atom stereocenters. The van der Waals surface area contributed by atoms with Crippen LogP contribution in [0, 0.1) is 0 Å². The summed E-state index contributed by atoms with van der Waals surface area (Å²) in [5, 5.41) is 3.09. The van der Waals surface area contributed by atoms with E-state index in [1.807, 2.05) is 54.4 Å². The van der Waals surface area contributed by atoms with E-state index < -0.39 is 5.91 Å². The van der Waals surface area contributed by atoms with E-state index in [0.29, 0.717) is 17.2 Å². The van der Waals surface area contributed by atoms with Crippen LogP contribution in [-0.2, 0) is 0 Å². The molecular weight excluding hydrogens is 302 g/mol. The summed E-state index contributed by atoms with van der Waals surface area (Å²) < 4.78 is 0. The minimum atomic E-state index is -0.475. The molecule has 2 aromatic carbocycles. The molecule has 0 saturated carbocycles. The Kier molecular flexibility index (Phi) is 4.38. The Labute approximate surface area is 140 Å². The highest BCUT2D eigenvalue weighted by atomic mass is 16.1. The number of carbonyl (C=O) groups is 1. The fraction of sp³-hybridized carbons (Fsp3) is 0.0556. The van der Waals surface area contributed by atoms with Crippen molar-refractivity contribution in [1.29, 1.82) is 0 Å². The van der Waals surface area contributed by atoms with Gasteiger partial charge in [-0.25, -0.2) is 4.98 Å². The van der Waals surface area contributed by atoms with Gasteiger partial charge < -0.3 is 16.0 Å². The third kappa shape index (κ3) is 3.49. The average molecular weight is 319 g/mol. The summed E-state index contributed by atoms with van der Waals surface area (Å²) in [7, 11) is 1.94. The van der Waals surface area contributed by atoms with E-state index in [9.17, 15) is 4.79 Å². The topological polar surface area (TPSA) is 84.1 Å². The number of nitrogens with two attached hydrogens (primary N) is 1. The van der Waals surface area contributed by atoms with Gasteiger partial charge in [0.2, 0.25) is 11.9 Å². The molecule has 0 fully saturated rings. The number of nitrogens with zero attached hydrogens (tertiary/aromatic N) is 3. The lowest BCUT2D eigenvalue weighted by molar-refractivity contribution is 0.100. The van der Waals surface area contributed by atoms with Crippen molar-refractivity contribution in [3.8, 4) is 0 Å². The van der Waals surface area contributed by atoms with Crippen molar-refractivity contribution in [1.82, 2.24) is 9.97 Å². The maximum Gasteiger partial charge on any atom is 0.248 e. The van der Waals surface area contributed by atoms with E-state index in [-0.39, 0.29) is 0 Å². The third-order valence-electron chi connectivity index (χ3n) is 3.53. The Hall–Kier alpha value is -3.41. The highest BCUT2D eigenvalue weighted by Gasteiger charge is 2.07.